The highest BCUT2D eigenvalue weighted by Gasteiger charge is 2.20. The number of carbonyl (C=O) groups is 1. The molecule has 0 atom stereocenters. The maximum Gasteiger partial charge on any atom is 0.254 e. The lowest BCUT2D eigenvalue weighted by molar-refractivity contribution is 0.0701. The summed E-state index contributed by atoms with van der Waals surface area (Å²) in [5.41, 5.74) is 2.84. The number of amides is 1. The first-order valence-corrected chi connectivity index (χ1v) is 9.63. The SMILES string of the molecule is CC(C)N(CCCCc1cccc(Cl)c1)C(=O)c1ccccc1CCl. The smallest absolute Gasteiger partial charge is 0.254 e. The largest absolute Gasteiger partial charge is 0.336 e. The summed E-state index contributed by atoms with van der Waals surface area (Å²) < 4.78 is 0. The molecule has 0 spiro atoms. The maximum absolute atomic E-state index is 12.9. The Morgan fingerprint density at radius 3 is 2.52 bits per heavy atom. The van der Waals surface area contributed by atoms with Gasteiger partial charge >= 0.3 is 0 Å². The summed E-state index contributed by atoms with van der Waals surface area (Å²) in [6, 6.07) is 15.7. The molecule has 2 rings (SSSR count). The molecule has 0 saturated carbocycles. The summed E-state index contributed by atoms with van der Waals surface area (Å²) in [6.07, 6.45) is 2.95. The van der Waals surface area contributed by atoms with Crippen LogP contribution in [0, 0.1) is 0 Å². The fraction of sp³-hybridized carbons (Fsp3) is 0.381. The first-order chi connectivity index (χ1) is 12.0. The summed E-state index contributed by atoms with van der Waals surface area (Å²) in [6.45, 7) is 4.85. The van der Waals surface area contributed by atoms with Gasteiger partial charge in [0.1, 0.15) is 0 Å². The standard InChI is InChI=1S/C21H25Cl2NO/c1-16(2)24(21(25)20-12-4-3-10-18(20)15-22)13-6-5-8-17-9-7-11-19(23)14-17/h3-4,7,9-12,14,16H,5-6,8,13,15H2,1-2H3. The topological polar surface area (TPSA) is 20.3 Å². The van der Waals surface area contributed by atoms with E-state index in [9.17, 15) is 4.79 Å². The van der Waals surface area contributed by atoms with Gasteiger partial charge in [-0.3, -0.25) is 4.79 Å². The highest BCUT2D eigenvalue weighted by Crippen LogP contribution is 2.17. The third-order valence-electron chi connectivity index (χ3n) is 4.28. The van der Waals surface area contributed by atoms with Crippen LogP contribution in [-0.4, -0.2) is 23.4 Å². The molecule has 0 radical (unpaired) electrons. The van der Waals surface area contributed by atoms with Gasteiger partial charge in [0.15, 0.2) is 0 Å². The molecule has 2 aromatic rings. The summed E-state index contributed by atoms with van der Waals surface area (Å²) in [5.74, 6) is 0.414. The molecule has 0 heterocycles. The molecule has 0 saturated heterocycles. The van der Waals surface area contributed by atoms with E-state index in [4.69, 9.17) is 23.2 Å². The first-order valence-electron chi connectivity index (χ1n) is 8.72. The second-order valence-electron chi connectivity index (χ2n) is 6.47. The Morgan fingerprint density at radius 1 is 1.08 bits per heavy atom. The highest BCUT2D eigenvalue weighted by molar-refractivity contribution is 6.30. The molecule has 2 aromatic carbocycles. The third-order valence-corrected chi connectivity index (χ3v) is 4.80. The number of hydrogen-bond acceptors (Lipinski definition) is 1. The second kappa shape index (κ2) is 9.84. The lowest BCUT2D eigenvalue weighted by atomic mass is 10.1. The summed E-state index contributed by atoms with van der Waals surface area (Å²) in [7, 11) is 0. The van der Waals surface area contributed by atoms with Crippen molar-refractivity contribution in [2.75, 3.05) is 6.54 Å². The normalized spacial score (nSPS) is 10.9. The zero-order valence-electron chi connectivity index (χ0n) is 14.8. The minimum atomic E-state index is 0.0639. The molecule has 0 bridgehead atoms. The van der Waals surface area contributed by atoms with Gasteiger partial charge in [-0.15, -0.1) is 11.6 Å². The number of nitrogens with zero attached hydrogens (tertiary/aromatic N) is 1. The van der Waals surface area contributed by atoms with Crippen molar-refractivity contribution in [3.63, 3.8) is 0 Å². The maximum atomic E-state index is 12.9. The number of carbonyl (C=O) groups excluding carboxylic acids is 1. The van der Waals surface area contributed by atoms with Crippen LogP contribution in [0.1, 0.15) is 48.2 Å². The Bertz CT molecular complexity index is 700. The average molecular weight is 378 g/mol. The number of alkyl halides is 1. The summed E-state index contributed by atoms with van der Waals surface area (Å²) >= 11 is 12.0. The number of unbranched alkanes of at least 4 members (excludes halogenated alkanes) is 1. The van der Waals surface area contributed by atoms with E-state index in [1.54, 1.807) is 0 Å². The van der Waals surface area contributed by atoms with Gasteiger partial charge < -0.3 is 4.90 Å². The van der Waals surface area contributed by atoms with Crippen molar-refractivity contribution < 1.29 is 4.79 Å². The molecule has 134 valence electrons. The van der Waals surface area contributed by atoms with Gasteiger partial charge in [0.2, 0.25) is 0 Å². The summed E-state index contributed by atoms with van der Waals surface area (Å²) in [4.78, 5) is 14.9. The van der Waals surface area contributed by atoms with E-state index in [-0.39, 0.29) is 11.9 Å². The van der Waals surface area contributed by atoms with Crippen molar-refractivity contribution in [3.8, 4) is 0 Å². The number of rotatable bonds is 8. The molecule has 0 unspecified atom stereocenters. The van der Waals surface area contributed by atoms with E-state index < -0.39 is 0 Å². The molecule has 0 aliphatic carbocycles. The predicted octanol–water partition coefficient (Wildman–Crippen LogP) is 5.95. The molecule has 0 aromatic heterocycles. The molecule has 0 aliphatic rings. The molecule has 0 aliphatic heterocycles. The highest BCUT2D eigenvalue weighted by atomic mass is 35.5. The van der Waals surface area contributed by atoms with Crippen LogP contribution >= 0.6 is 23.2 Å². The van der Waals surface area contributed by atoms with Crippen molar-refractivity contribution in [1.82, 2.24) is 4.90 Å². The molecule has 1 amide bonds. The molecule has 0 fully saturated rings. The van der Waals surface area contributed by atoms with Gasteiger partial charge in [-0.05, 0) is 62.4 Å². The van der Waals surface area contributed by atoms with Gasteiger partial charge in [-0.1, -0.05) is 41.9 Å². The molecule has 4 heteroatoms. The van der Waals surface area contributed by atoms with Gasteiger partial charge in [-0.25, -0.2) is 0 Å². The van der Waals surface area contributed by atoms with Crippen LogP contribution in [0.25, 0.3) is 0 Å². The van der Waals surface area contributed by atoms with Crippen LogP contribution in [0.3, 0.4) is 0 Å². The van der Waals surface area contributed by atoms with Crippen LogP contribution < -0.4 is 0 Å². The van der Waals surface area contributed by atoms with E-state index in [0.29, 0.717) is 11.4 Å². The first kappa shape index (κ1) is 19.8. The van der Waals surface area contributed by atoms with Gasteiger partial charge in [0.25, 0.3) is 5.91 Å². The fourth-order valence-corrected chi connectivity index (χ4v) is 3.34. The monoisotopic (exact) mass is 377 g/mol. The van der Waals surface area contributed by atoms with Crippen molar-refractivity contribution in [2.45, 2.75) is 45.0 Å². The zero-order chi connectivity index (χ0) is 18.2. The molecule has 25 heavy (non-hydrogen) atoms. The second-order valence-corrected chi connectivity index (χ2v) is 7.17. The number of benzene rings is 2. The minimum Gasteiger partial charge on any atom is -0.336 e. The quantitative estimate of drug-likeness (QED) is 0.410. The van der Waals surface area contributed by atoms with E-state index in [0.717, 1.165) is 36.4 Å². The Kier molecular flexibility index (Phi) is 7.80. The lowest BCUT2D eigenvalue weighted by Gasteiger charge is -2.27. The Morgan fingerprint density at radius 2 is 1.84 bits per heavy atom. The predicted molar refractivity (Wildman–Crippen MR) is 107 cm³/mol. The van der Waals surface area contributed by atoms with Crippen LogP contribution in [0.4, 0.5) is 0 Å². The van der Waals surface area contributed by atoms with Crippen molar-refractivity contribution in [2.24, 2.45) is 0 Å². The van der Waals surface area contributed by atoms with Gasteiger partial charge in [-0.2, -0.15) is 0 Å². The minimum absolute atomic E-state index is 0.0639. The number of hydrogen-bond donors (Lipinski definition) is 0. The lowest BCUT2D eigenvalue weighted by Crippen LogP contribution is -2.38. The third kappa shape index (κ3) is 5.76. The van der Waals surface area contributed by atoms with E-state index >= 15 is 0 Å². The average Bonchev–Trinajstić information content (AvgIpc) is 2.61. The van der Waals surface area contributed by atoms with Crippen LogP contribution in [0.5, 0.6) is 0 Å². The van der Waals surface area contributed by atoms with Crippen LogP contribution in [-0.2, 0) is 12.3 Å². The van der Waals surface area contributed by atoms with E-state index in [1.807, 2.05) is 47.4 Å². The van der Waals surface area contributed by atoms with Gasteiger partial charge in [0, 0.05) is 29.1 Å². The zero-order valence-corrected chi connectivity index (χ0v) is 16.4. The molecule has 0 N–H and O–H groups in total. The van der Waals surface area contributed by atoms with Crippen LogP contribution in [0.15, 0.2) is 48.5 Å². The van der Waals surface area contributed by atoms with Crippen molar-refractivity contribution in [1.29, 1.82) is 0 Å². The number of halogens is 2. The molecular formula is C21H25Cl2NO. The molecular weight excluding hydrogens is 353 g/mol. The Labute approximate surface area is 160 Å². The van der Waals surface area contributed by atoms with Crippen molar-refractivity contribution in [3.05, 3.63) is 70.2 Å². The van der Waals surface area contributed by atoms with Crippen molar-refractivity contribution >= 4 is 29.1 Å². The Hall–Kier alpha value is -1.51. The fourth-order valence-electron chi connectivity index (χ4n) is 2.90. The molecule has 2 nitrogen and oxygen atoms in total. The Balaban J connectivity index is 1.95. The number of aryl methyl sites for hydroxylation is 1. The van der Waals surface area contributed by atoms with Crippen LogP contribution in [0.2, 0.25) is 5.02 Å². The van der Waals surface area contributed by atoms with E-state index in [2.05, 4.69) is 19.9 Å². The van der Waals surface area contributed by atoms with E-state index in [1.165, 1.54) is 5.56 Å². The van der Waals surface area contributed by atoms with Gasteiger partial charge in [0.05, 0.1) is 0 Å². The summed E-state index contributed by atoms with van der Waals surface area (Å²) in [5, 5.41) is 0.772.